The lowest BCUT2D eigenvalue weighted by atomic mass is 10.1. The molecule has 4 nitrogen and oxygen atoms in total. The summed E-state index contributed by atoms with van der Waals surface area (Å²) < 4.78 is 5.20. The van der Waals surface area contributed by atoms with E-state index in [1.807, 2.05) is 30.5 Å². The Morgan fingerprint density at radius 2 is 1.73 bits per heavy atom. The molecular weight excluding hydrogens is 274 g/mol. The van der Waals surface area contributed by atoms with Crippen molar-refractivity contribution in [2.75, 3.05) is 45.7 Å². The lowest BCUT2D eigenvalue weighted by Gasteiger charge is -2.25. The van der Waals surface area contributed by atoms with Crippen molar-refractivity contribution in [2.45, 2.75) is 6.42 Å². The Morgan fingerprint density at radius 1 is 0.955 bits per heavy atom. The molecule has 1 aromatic heterocycles. The van der Waals surface area contributed by atoms with E-state index in [9.17, 15) is 0 Å². The van der Waals surface area contributed by atoms with Gasteiger partial charge in [0.05, 0.1) is 7.11 Å². The minimum atomic E-state index is 0.901. The van der Waals surface area contributed by atoms with Crippen LogP contribution < -0.4 is 9.64 Å². The van der Waals surface area contributed by atoms with Crippen LogP contribution in [0.4, 0.5) is 5.82 Å². The standard InChI is InChI=1S/C18H25N3O/c1-20(2)14-15-21(18-6-4-5-12-19-18)13-11-16-7-9-17(22-3)10-8-16/h4-10,12H,11,13-15H2,1-3H3. The number of aromatic nitrogens is 1. The summed E-state index contributed by atoms with van der Waals surface area (Å²) in [5.41, 5.74) is 1.31. The van der Waals surface area contributed by atoms with Crippen LogP contribution in [-0.2, 0) is 6.42 Å². The Hall–Kier alpha value is -2.07. The fourth-order valence-corrected chi connectivity index (χ4v) is 2.26. The minimum absolute atomic E-state index is 0.901. The molecule has 0 saturated carbocycles. The number of nitrogens with zero attached hydrogens (tertiary/aromatic N) is 3. The zero-order valence-corrected chi connectivity index (χ0v) is 13.7. The number of anilines is 1. The van der Waals surface area contributed by atoms with Gasteiger partial charge in [-0.05, 0) is 50.3 Å². The molecule has 1 heterocycles. The van der Waals surface area contributed by atoms with E-state index in [1.54, 1.807) is 7.11 Å². The van der Waals surface area contributed by atoms with E-state index in [0.29, 0.717) is 0 Å². The highest BCUT2D eigenvalue weighted by molar-refractivity contribution is 5.38. The number of likely N-dealkylation sites (N-methyl/N-ethyl adjacent to an activating group) is 1. The van der Waals surface area contributed by atoms with Crippen LogP contribution >= 0.6 is 0 Å². The quantitative estimate of drug-likeness (QED) is 0.749. The third-order valence-electron chi connectivity index (χ3n) is 3.62. The zero-order valence-electron chi connectivity index (χ0n) is 13.7. The maximum absolute atomic E-state index is 5.20. The molecule has 0 aliphatic carbocycles. The van der Waals surface area contributed by atoms with E-state index >= 15 is 0 Å². The van der Waals surface area contributed by atoms with Crippen molar-refractivity contribution < 1.29 is 4.74 Å². The van der Waals surface area contributed by atoms with Crippen molar-refractivity contribution in [3.63, 3.8) is 0 Å². The molecule has 0 spiro atoms. The number of pyridine rings is 1. The Labute approximate surface area is 133 Å². The number of ether oxygens (including phenoxy) is 1. The molecule has 1 aromatic carbocycles. The molecule has 0 aliphatic rings. The lowest BCUT2D eigenvalue weighted by Crippen LogP contribution is -2.33. The van der Waals surface area contributed by atoms with Gasteiger partial charge in [0.1, 0.15) is 11.6 Å². The van der Waals surface area contributed by atoms with E-state index in [2.05, 4.69) is 47.1 Å². The van der Waals surface area contributed by atoms with E-state index in [1.165, 1.54) is 5.56 Å². The first-order valence-corrected chi connectivity index (χ1v) is 7.62. The molecule has 0 fully saturated rings. The molecule has 0 aliphatic heterocycles. The van der Waals surface area contributed by atoms with E-state index in [0.717, 1.165) is 37.6 Å². The van der Waals surface area contributed by atoms with Gasteiger partial charge < -0.3 is 14.5 Å². The van der Waals surface area contributed by atoms with Crippen molar-refractivity contribution in [3.05, 3.63) is 54.2 Å². The normalized spacial score (nSPS) is 10.7. The fourth-order valence-electron chi connectivity index (χ4n) is 2.26. The molecule has 0 amide bonds. The summed E-state index contributed by atoms with van der Waals surface area (Å²) in [6.45, 7) is 2.94. The van der Waals surface area contributed by atoms with Gasteiger partial charge in [-0.2, -0.15) is 0 Å². The fraction of sp³-hybridized carbons (Fsp3) is 0.389. The van der Waals surface area contributed by atoms with Crippen LogP contribution in [0, 0.1) is 0 Å². The van der Waals surface area contributed by atoms with Gasteiger partial charge in [-0.25, -0.2) is 4.98 Å². The van der Waals surface area contributed by atoms with Gasteiger partial charge in [-0.15, -0.1) is 0 Å². The first-order chi connectivity index (χ1) is 10.7. The molecule has 4 heteroatoms. The maximum Gasteiger partial charge on any atom is 0.128 e. The van der Waals surface area contributed by atoms with Gasteiger partial charge in [-0.1, -0.05) is 18.2 Å². The zero-order chi connectivity index (χ0) is 15.8. The van der Waals surface area contributed by atoms with Crippen molar-refractivity contribution in [2.24, 2.45) is 0 Å². The van der Waals surface area contributed by atoms with Crippen molar-refractivity contribution in [1.82, 2.24) is 9.88 Å². The van der Waals surface area contributed by atoms with Crippen LogP contribution in [-0.4, -0.2) is 50.7 Å². The smallest absolute Gasteiger partial charge is 0.128 e. The summed E-state index contributed by atoms with van der Waals surface area (Å²) in [4.78, 5) is 9.02. The topological polar surface area (TPSA) is 28.6 Å². The molecular formula is C18H25N3O. The molecule has 2 aromatic rings. The molecule has 2 rings (SSSR count). The van der Waals surface area contributed by atoms with Gasteiger partial charge in [0.2, 0.25) is 0 Å². The third kappa shape index (κ3) is 5.04. The molecule has 118 valence electrons. The van der Waals surface area contributed by atoms with Crippen LogP contribution in [0.5, 0.6) is 5.75 Å². The summed E-state index contributed by atoms with van der Waals surface area (Å²) in [6, 6.07) is 14.3. The molecule has 0 N–H and O–H groups in total. The Morgan fingerprint density at radius 3 is 2.32 bits per heavy atom. The van der Waals surface area contributed by atoms with Crippen molar-refractivity contribution >= 4 is 5.82 Å². The lowest BCUT2D eigenvalue weighted by molar-refractivity contribution is 0.412. The van der Waals surface area contributed by atoms with Crippen LogP contribution in [0.2, 0.25) is 0 Å². The minimum Gasteiger partial charge on any atom is -0.497 e. The maximum atomic E-state index is 5.20. The first kappa shape index (κ1) is 16.3. The molecule has 0 saturated heterocycles. The number of benzene rings is 1. The van der Waals surface area contributed by atoms with Crippen LogP contribution in [0.25, 0.3) is 0 Å². The van der Waals surface area contributed by atoms with E-state index in [4.69, 9.17) is 4.74 Å². The van der Waals surface area contributed by atoms with E-state index in [-0.39, 0.29) is 0 Å². The average Bonchev–Trinajstić information content (AvgIpc) is 2.56. The Kier molecular flexibility index (Phi) is 6.22. The largest absolute Gasteiger partial charge is 0.497 e. The molecule has 22 heavy (non-hydrogen) atoms. The summed E-state index contributed by atoms with van der Waals surface area (Å²) >= 11 is 0. The number of rotatable bonds is 8. The highest BCUT2D eigenvalue weighted by Gasteiger charge is 2.08. The highest BCUT2D eigenvalue weighted by atomic mass is 16.5. The van der Waals surface area contributed by atoms with Crippen LogP contribution in [0.3, 0.4) is 0 Å². The van der Waals surface area contributed by atoms with Gasteiger partial charge in [0.15, 0.2) is 0 Å². The van der Waals surface area contributed by atoms with Crippen LogP contribution in [0.15, 0.2) is 48.7 Å². The summed E-state index contributed by atoms with van der Waals surface area (Å²) in [5, 5.41) is 0. The second kappa shape index (κ2) is 8.39. The number of hydrogen-bond donors (Lipinski definition) is 0. The van der Waals surface area contributed by atoms with Gasteiger partial charge >= 0.3 is 0 Å². The number of methoxy groups -OCH3 is 1. The third-order valence-corrected chi connectivity index (χ3v) is 3.62. The first-order valence-electron chi connectivity index (χ1n) is 7.62. The predicted molar refractivity (Wildman–Crippen MR) is 91.7 cm³/mol. The second-order valence-corrected chi connectivity index (χ2v) is 5.58. The summed E-state index contributed by atoms with van der Waals surface area (Å²) in [6.07, 6.45) is 2.85. The summed E-state index contributed by atoms with van der Waals surface area (Å²) in [7, 11) is 5.89. The SMILES string of the molecule is COc1ccc(CCN(CCN(C)C)c2ccccn2)cc1. The predicted octanol–water partition coefficient (Wildman–Crippen LogP) is 2.70. The van der Waals surface area contributed by atoms with Gasteiger partial charge in [-0.3, -0.25) is 0 Å². The van der Waals surface area contributed by atoms with Crippen molar-refractivity contribution in [1.29, 1.82) is 0 Å². The molecule has 0 unspecified atom stereocenters. The monoisotopic (exact) mass is 299 g/mol. The Bertz CT molecular complexity index is 540. The molecule has 0 radical (unpaired) electrons. The molecule has 0 atom stereocenters. The number of hydrogen-bond acceptors (Lipinski definition) is 4. The Balaban J connectivity index is 1.99. The van der Waals surface area contributed by atoms with Gasteiger partial charge in [0, 0.05) is 25.8 Å². The van der Waals surface area contributed by atoms with Crippen molar-refractivity contribution in [3.8, 4) is 5.75 Å². The van der Waals surface area contributed by atoms with Crippen LogP contribution in [0.1, 0.15) is 5.56 Å². The van der Waals surface area contributed by atoms with Gasteiger partial charge in [0.25, 0.3) is 0 Å². The highest BCUT2D eigenvalue weighted by Crippen LogP contribution is 2.14. The summed E-state index contributed by atoms with van der Waals surface area (Å²) in [5.74, 6) is 1.94. The second-order valence-electron chi connectivity index (χ2n) is 5.58. The van der Waals surface area contributed by atoms with E-state index < -0.39 is 0 Å². The average molecular weight is 299 g/mol. The molecule has 0 bridgehead atoms.